The highest BCUT2D eigenvalue weighted by atomic mass is 127. The van der Waals surface area contributed by atoms with Crippen LogP contribution in [0.4, 0.5) is 0 Å². The van der Waals surface area contributed by atoms with E-state index in [1.165, 1.54) is 9.13 Å². The summed E-state index contributed by atoms with van der Waals surface area (Å²) in [6.45, 7) is 10.1. The minimum Gasteiger partial charge on any atom is -0.0683 e. The maximum Gasteiger partial charge on any atom is 0.0159 e. The summed E-state index contributed by atoms with van der Waals surface area (Å²) in [5.41, 5.74) is 1.35. The van der Waals surface area contributed by atoms with E-state index in [0.29, 0.717) is 0 Å². The van der Waals surface area contributed by atoms with Gasteiger partial charge >= 0.3 is 0 Å². The van der Waals surface area contributed by atoms with Crippen LogP contribution in [0.25, 0.3) is 0 Å². The lowest BCUT2D eigenvalue weighted by Crippen LogP contribution is -1.74. The van der Waals surface area contributed by atoms with Crippen LogP contribution in [0.5, 0.6) is 0 Å². The van der Waals surface area contributed by atoms with Crippen molar-refractivity contribution < 1.29 is 0 Å². The van der Waals surface area contributed by atoms with Gasteiger partial charge < -0.3 is 0 Å². The molecule has 0 unspecified atom stereocenters. The molecule has 0 radical (unpaired) electrons. The Morgan fingerprint density at radius 3 is 1.58 bits per heavy atom. The van der Waals surface area contributed by atoms with Crippen molar-refractivity contribution >= 4 is 22.6 Å². The Bertz CT molecular complexity index is 161. The molecule has 1 aromatic carbocycles. The Morgan fingerprint density at radius 1 is 0.917 bits per heavy atom. The second-order valence-electron chi connectivity index (χ2n) is 1.75. The van der Waals surface area contributed by atoms with Crippen LogP contribution in [0, 0.1) is 10.5 Å². The normalized spacial score (nSPS) is 7.17. The largest absolute Gasteiger partial charge is 0.0683 e. The van der Waals surface area contributed by atoms with Crippen LogP contribution in [0.15, 0.2) is 24.3 Å². The fraction of sp³-hybridized carbons (Fsp3) is 0.455. The summed E-state index contributed by atoms with van der Waals surface area (Å²) in [6.07, 6.45) is 0. The van der Waals surface area contributed by atoms with Crippen molar-refractivity contribution in [2.75, 3.05) is 0 Å². The maximum absolute atomic E-state index is 2.32. The van der Waals surface area contributed by atoms with Gasteiger partial charge in [-0.1, -0.05) is 45.9 Å². The first-order valence-corrected chi connectivity index (χ1v) is 5.60. The van der Waals surface area contributed by atoms with Crippen LogP contribution in [0.3, 0.4) is 0 Å². The van der Waals surface area contributed by atoms with Crippen molar-refractivity contribution in [1.29, 1.82) is 0 Å². The van der Waals surface area contributed by atoms with Gasteiger partial charge in [0, 0.05) is 3.57 Å². The highest BCUT2D eigenvalue weighted by Gasteiger charge is 1.85. The van der Waals surface area contributed by atoms with E-state index in [1.54, 1.807) is 0 Å². The van der Waals surface area contributed by atoms with Crippen LogP contribution in [0.1, 0.15) is 33.3 Å². The predicted octanol–water partition coefficient (Wildman–Crippen LogP) is 4.65. The van der Waals surface area contributed by atoms with Crippen LogP contribution in [0.2, 0.25) is 0 Å². The summed E-state index contributed by atoms with van der Waals surface area (Å²) < 4.78 is 1.34. The summed E-state index contributed by atoms with van der Waals surface area (Å²) in [5.74, 6) is 0. The first kappa shape index (κ1) is 14.5. The Morgan fingerprint density at radius 2 is 1.33 bits per heavy atom. The molecule has 12 heavy (non-hydrogen) atoms. The van der Waals surface area contributed by atoms with Gasteiger partial charge in [0.15, 0.2) is 0 Å². The molecule has 1 rings (SSSR count). The Balaban J connectivity index is 0. The van der Waals surface area contributed by atoms with Gasteiger partial charge in [0.05, 0.1) is 0 Å². The summed E-state index contributed by atoms with van der Waals surface area (Å²) in [5, 5.41) is 0. The Kier molecular flexibility index (Phi) is 13.2. The fourth-order valence-electron chi connectivity index (χ4n) is 0.551. The smallest absolute Gasteiger partial charge is 0.0159 e. The molecule has 1 heteroatoms. The van der Waals surface area contributed by atoms with Gasteiger partial charge in [-0.25, -0.2) is 0 Å². The van der Waals surface area contributed by atoms with Gasteiger partial charge in [-0.05, 0) is 41.1 Å². The van der Waals surface area contributed by atoms with E-state index < -0.39 is 0 Å². The van der Waals surface area contributed by atoms with Gasteiger partial charge in [0.25, 0.3) is 0 Å². The van der Waals surface area contributed by atoms with E-state index in [1.807, 2.05) is 27.7 Å². The monoisotopic (exact) mass is 278 g/mol. The Labute approximate surface area is 90.5 Å². The lowest BCUT2D eigenvalue weighted by Gasteiger charge is -1.91. The van der Waals surface area contributed by atoms with Crippen molar-refractivity contribution in [3.63, 3.8) is 0 Å². The third-order valence-electron chi connectivity index (χ3n) is 1.08. The van der Waals surface area contributed by atoms with Gasteiger partial charge in [-0.3, -0.25) is 0 Å². The van der Waals surface area contributed by atoms with E-state index in [9.17, 15) is 0 Å². The van der Waals surface area contributed by atoms with Gasteiger partial charge in [0.1, 0.15) is 0 Å². The summed E-state index contributed by atoms with van der Waals surface area (Å²) >= 11 is 2.32. The zero-order valence-corrected chi connectivity index (χ0v) is 10.8. The number of hydrogen-bond donors (Lipinski definition) is 0. The first-order chi connectivity index (χ1) is 5.80. The molecule has 0 fully saturated rings. The molecule has 1 aromatic rings. The SMILES string of the molecule is CC.CC.Cc1ccccc1I. The minimum absolute atomic E-state index is 1.34. The molecule has 0 spiro atoms. The predicted molar refractivity (Wildman–Crippen MR) is 66.6 cm³/mol. The van der Waals surface area contributed by atoms with Crippen LogP contribution in [-0.2, 0) is 0 Å². The van der Waals surface area contributed by atoms with E-state index in [0.717, 1.165) is 0 Å². The fourth-order valence-corrected chi connectivity index (χ4v) is 0.938. The van der Waals surface area contributed by atoms with Crippen molar-refractivity contribution in [1.82, 2.24) is 0 Å². The lowest BCUT2D eigenvalue weighted by molar-refractivity contribution is 1.43. The molecule has 0 aliphatic carbocycles. The lowest BCUT2D eigenvalue weighted by atomic mass is 10.2. The van der Waals surface area contributed by atoms with E-state index in [-0.39, 0.29) is 0 Å². The Hall–Kier alpha value is -0.0500. The van der Waals surface area contributed by atoms with Crippen LogP contribution >= 0.6 is 22.6 Å². The topological polar surface area (TPSA) is 0 Å². The molecule has 0 heterocycles. The summed E-state index contributed by atoms with van der Waals surface area (Å²) in [4.78, 5) is 0. The molecule has 0 aliphatic rings. The zero-order valence-electron chi connectivity index (χ0n) is 8.69. The third kappa shape index (κ3) is 6.65. The molecule has 70 valence electrons. The molecule has 0 nitrogen and oxygen atoms in total. The molecule has 0 aromatic heterocycles. The van der Waals surface area contributed by atoms with Crippen molar-refractivity contribution in [3.8, 4) is 0 Å². The molecule has 0 aliphatic heterocycles. The maximum atomic E-state index is 2.32. The molecular weight excluding hydrogens is 259 g/mol. The van der Waals surface area contributed by atoms with E-state index >= 15 is 0 Å². The van der Waals surface area contributed by atoms with Gasteiger partial charge in [-0.2, -0.15) is 0 Å². The number of benzene rings is 1. The zero-order chi connectivity index (χ0) is 9.98. The molecule has 0 amide bonds. The van der Waals surface area contributed by atoms with Crippen molar-refractivity contribution in [3.05, 3.63) is 33.4 Å². The average molecular weight is 278 g/mol. The molecule has 0 atom stereocenters. The summed E-state index contributed by atoms with van der Waals surface area (Å²) in [6, 6.07) is 8.32. The summed E-state index contributed by atoms with van der Waals surface area (Å²) in [7, 11) is 0. The molecule has 0 N–H and O–H groups in total. The first-order valence-electron chi connectivity index (χ1n) is 4.52. The van der Waals surface area contributed by atoms with Gasteiger partial charge in [-0.15, -0.1) is 0 Å². The second-order valence-corrected chi connectivity index (χ2v) is 2.91. The number of halogens is 1. The van der Waals surface area contributed by atoms with Crippen molar-refractivity contribution in [2.24, 2.45) is 0 Å². The number of rotatable bonds is 0. The highest BCUT2D eigenvalue weighted by molar-refractivity contribution is 14.1. The highest BCUT2D eigenvalue weighted by Crippen LogP contribution is 2.08. The molecule has 0 saturated carbocycles. The standard InChI is InChI=1S/C7H7I.2C2H6/c1-6-4-2-3-5-7(6)8;2*1-2/h2-5H,1H3;2*1-2H3. The quantitative estimate of drug-likeness (QED) is 0.606. The molecule has 0 bridgehead atoms. The number of hydrogen-bond acceptors (Lipinski definition) is 0. The second kappa shape index (κ2) is 11.0. The van der Waals surface area contributed by atoms with Crippen molar-refractivity contribution in [2.45, 2.75) is 34.6 Å². The average Bonchev–Trinajstić information content (AvgIpc) is 2.17. The number of aryl methyl sites for hydroxylation is 1. The third-order valence-corrected chi connectivity index (χ3v) is 2.29. The van der Waals surface area contributed by atoms with Crippen LogP contribution in [-0.4, -0.2) is 0 Å². The van der Waals surface area contributed by atoms with Crippen LogP contribution < -0.4 is 0 Å². The molecular formula is C11H19I. The van der Waals surface area contributed by atoms with E-state index in [2.05, 4.69) is 53.8 Å². The van der Waals surface area contributed by atoms with E-state index in [4.69, 9.17) is 0 Å². The van der Waals surface area contributed by atoms with Gasteiger partial charge in [0.2, 0.25) is 0 Å². The molecule has 0 saturated heterocycles. The minimum atomic E-state index is 1.34.